The van der Waals surface area contributed by atoms with E-state index < -0.39 is 5.91 Å². The van der Waals surface area contributed by atoms with Crippen LogP contribution in [0.4, 0.5) is 5.69 Å². The van der Waals surface area contributed by atoms with Crippen LogP contribution in [0.5, 0.6) is 0 Å². The lowest BCUT2D eigenvalue weighted by atomic mass is 10.1. The number of rotatable bonds is 5. The Labute approximate surface area is 126 Å². The number of nitrogens with one attached hydrogen (secondary N) is 1. The summed E-state index contributed by atoms with van der Waals surface area (Å²) in [6.07, 6.45) is 3.68. The van der Waals surface area contributed by atoms with E-state index in [0.29, 0.717) is 5.56 Å². The maximum absolute atomic E-state index is 11.2. The smallest absolute Gasteiger partial charge is 0.248 e. The number of nitrogens with two attached hydrogens (primary N) is 1. The van der Waals surface area contributed by atoms with Gasteiger partial charge < -0.3 is 11.1 Å². The second-order valence-corrected chi connectivity index (χ2v) is 5.74. The number of benzene rings is 1. The van der Waals surface area contributed by atoms with Crippen molar-refractivity contribution < 1.29 is 4.79 Å². The zero-order chi connectivity index (χ0) is 14.7. The molecule has 0 aliphatic rings. The first-order valence-electron chi connectivity index (χ1n) is 6.30. The lowest BCUT2D eigenvalue weighted by Gasteiger charge is -2.17. The first-order chi connectivity index (χ1) is 9.45. The molecule has 20 heavy (non-hydrogen) atoms. The predicted molar refractivity (Wildman–Crippen MR) is 82.7 cm³/mol. The monoisotopic (exact) mass is 336 g/mol. The van der Waals surface area contributed by atoms with Crippen LogP contribution in [0.1, 0.15) is 22.8 Å². The van der Waals surface area contributed by atoms with E-state index in [1.165, 1.54) is 0 Å². The Balaban J connectivity index is 2.08. The molecule has 0 saturated carbocycles. The van der Waals surface area contributed by atoms with Crippen LogP contribution in [-0.4, -0.2) is 21.7 Å². The summed E-state index contributed by atoms with van der Waals surface area (Å²) >= 11 is 3.37. The summed E-state index contributed by atoms with van der Waals surface area (Å²) in [5, 5.41) is 7.60. The number of amides is 1. The summed E-state index contributed by atoms with van der Waals surface area (Å²) < 4.78 is 2.81. The molecule has 1 amide bonds. The molecule has 1 aromatic carbocycles. The first-order valence-corrected chi connectivity index (χ1v) is 7.10. The molecule has 0 radical (unpaired) electrons. The Hall–Kier alpha value is -1.82. The van der Waals surface area contributed by atoms with Crippen molar-refractivity contribution in [2.24, 2.45) is 5.73 Å². The molecule has 1 heterocycles. The number of carbonyl (C=O) groups is 1. The first kappa shape index (κ1) is 14.6. The Kier molecular flexibility index (Phi) is 4.44. The van der Waals surface area contributed by atoms with E-state index in [-0.39, 0.29) is 6.04 Å². The molecule has 0 aliphatic heterocycles. The SMILES string of the molecule is Cc1ccc(C(N)=O)cc1NC(C)Cn1cc(Br)cn1. The highest BCUT2D eigenvalue weighted by atomic mass is 79.9. The molecule has 2 rings (SSSR count). The van der Waals surface area contributed by atoms with E-state index in [1.807, 2.05) is 23.9 Å². The average Bonchev–Trinajstić information content (AvgIpc) is 2.77. The summed E-state index contributed by atoms with van der Waals surface area (Å²) in [6, 6.07) is 5.58. The van der Waals surface area contributed by atoms with E-state index in [4.69, 9.17) is 5.73 Å². The number of hydrogen-bond donors (Lipinski definition) is 2. The molecule has 5 nitrogen and oxygen atoms in total. The van der Waals surface area contributed by atoms with Crippen LogP contribution in [-0.2, 0) is 6.54 Å². The molecule has 3 N–H and O–H groups in total. The predicted octanol–water partition coefficient (Wildman–Crippen LogP) is 2.55. The van der Waals surface area contributed by atoms with E-state index in [9.17, 15) is 4.79 Å². The number of carbonyl (C=O) groups excluding carboxylic acids is 1. The highest BCUT2D eigenvalue weighted by Crippen LogP contribution is 2.18. The minimum Gasteiger partial charge on any atom is -0.380 e. The molecule has 1 aromatic heterocycles. The molecular weight excluding hydrogens is 320 g/mol. The van der Waals surface area contributed by atoms with Gasteiger partial charge in [0, 0.05) is 23.5 Å². The van der Waals surface area contributed by atoms with Crippen molar-refractivity contribution in [3.05, 3.63) is 46.2 Å². The molecule has 106 valence electrons. The fraction of sp³-hybridized carbons (Fsp3) is 0.286. The maximum atomic E-state index is 11.2. The molecule has 0 aliphatic carbocycles. The van der Waals surface area contributed by atoms with Crippen LogP contribution < -0.4 is 11.1 Å². The van der Waals surface area contributed by atoms with Gasteiger partial charge in [0.05, 0.1) is 17.2 Å². The van der Waals surface area contributed by atoms with Crippen molar-refractivity contribution >= 4 is 27.5 Å². The van der Waals surface area contributed by atoms with E-state index in [0.717, 1.165) is 22.3 Å². The van der Waals surface area contributed by atoms with Crippen molar-refractivity contribution in [1.82, 2.24) is 9.78 Å². The zero-order valence-corrected chi connectivity index (χ0v) is 13.0. The normalized spacial score (nSPS) is 12.2. The highest BCUT2D eigenvalue weighted by molar-refractivity contribution is 9.10. The van der Waals surface area contributed by atoms with E-state index in [1.54, 1.807) is 18.3 Å². The number of aryl methyl sites for hydroxylation is 1. The Morgan fingerprint density at radius 1 is 1.55 bits per heavy atom. The molecule has 6 heteroatoms. The van der Waals surface area contributed by atoms with Gasteiger partial charge in [-0.05, 0) is 47.5 Å². The summed E-state index contributed by atoms with van der Waals surface area (Å²) in [5.41, 5.74) is 7.80. The number of primary amides is 1. The summed E-state index contributed by atoms with van der Waals surface area (Å²) in [6.45, 7) is 4.78. The minimum absolute atomic E-state index is 0.170. The third kappa shape index (κ3) is 3.60. The van der Waals surface area contributed by atoms with E-state index >= 15 is 0 Å². The maximum Gasteiger partial charge on any atom is 0.248 e. The standard InChI is InChI=1S/C14H17BrN4O/c1-9-3-4-11(14(16)20)5-13(9)18-10(2)7-19-8-12(15)6-17-19/h3-6,8,10,18H,7H2,1-2H3,(H2,16,20). The fourth-order valence-corrected chi connectivity index (χ4v) is 2.29. The quantitative estimate of drug-likeness (QED) is 0.881. The van der Waals surface area contributed by atoms with Crippen molar-refractivity contribution in [1.29, 1.82) is 0 Å². The number of halogens is 1. The Morgan fingerprint density at radius 3 is 2.90 bits per heavy atom. The van der Waals surface area contributed by atoms with Gasteiger partial charge in [0.25, 0.3) is 0 Å². The third-order valence-electron chi connectivity index (χ3n) is 2.99. The van der Waals surface area contributed by atoms with Gasteiger partial charge >= 0.3 is 0 Å². The number of aromatic nitrogens is 2. The Bertz CT molecular complexity index is 623. The van der Waals surface area contributed by atoms with Gasteiger partial charge in [-0.3, -0.25) is 9.48 Å². The number of nitrogens with zero attached hydrogens (tertiary/aromatic N) is 2. The third-order valence-corrected chi connectivity index (χ3v) is 3.40. The average molecular weight is 337 g/mol. The van der Waals surface area contributed by atoms with Crippen molar-refractivity contribution in [3.63, 3.8) is 0 Å². The molecule has 0 saturated heterocycles. The second kappa shape index (κ2) is 6.09. The van der Waals surface area contributed by atoms with Crippen LogP contribution in [0.15, 0.2) is 35.1 Å². The van der Waals surface area contributed by atoms with Gasteiger partial charge in [0.15, 0.2) is 0 Å². The molecule has 0 spiro atoms. The lowest BCUT2D eigenvalue weighted by Crippen LogP contribution is -2.23. The summed E-state index contributed by atoms with van der Waals surface area (Å²) in [7, 11) is 0. The van der Waals surface area contributed by atoms with Crippen LogP contribution in [0.2, 0.25) is 0 Å². The molecule has 0 fully saturated rings. The fourth-order valence-electron chi connectivity index (χ4n) is 1.96. The zero-order valence-electron chi connectivity index (χ0n) is 11.4. The van der Waals surface area contributed by atoms with Crippen molar-refractivity contribution in [2.75, 3.05) is 5.32 Å². The molecule has 0 bridgehead atoms. The van der Waals surface area contributed by atoms with Crippen molar-refractivity contribution in [2.45, 2.75) is 26.4 Å². The topological polar surface area (TPSA) is 72.9 Å². The number of hydrogen-bond acceptors (Lipinski definition) is 3. The van der Waals surface area contributed by atoms with Gasteiger partial charge in [-0.15, -0.1) is 0 Å². The van der Waals surface area contributed by atoms with Gasteiger partial charge in [0.2, 0.25) is 5.91 Å². The summed E-state index contributed by atoms with van der Waals surface area (Å²) in [4.78, 5) is 11.2. The lowest BCUT2D eigenvalue weighted by molar-refractivity contribution is 0.100. The highest BCUT2D eigenvalue weighted by Gasteiger charge is 2.09. The summed E-state index contributed by atoms with van der Waals surface area (Å²) in [5.74, 6) is -0.420. The largest absolute Gasteiger partial charge is 0.380 e. The van der Waals surface area contributed by atoms with Gasteiger partial charge in [-0.1, -0.05) is 6.07 Å². The molecular formula is C14H17BrN4O. The van der Waals surface area contributed by atoms with Gasteiger partial charge in [0.1, 0.15) is 0 Å². The second-order valence-electron chi connectivity index (χ2n) is 4.82. The molecule has 1 unspecified atom stereocenters. The van der Waals surface area contributed by atoms with E-state index in [2.05, 4.69) is 33.3 Å². The number of anilines is 1. The van der Waals surface area contributed by atoms with Gasteiger partial charge in [-0.2, -0.15) is 5.10 Å². The molecule has 1 atom stereocenters. The van der Waals surface area contributed by atoms with Crippen LogP contribution in [0, 0.1) is 6.92 Å². The van der Waals surface area contributed by atoms with Crippen LogP contribution >= 0.6 is 15.9 Å². The van der Waals surface area contributed by atoms with Gasteiger partial charge in [-0.25, -0.2) is 0 Å². The van der Waals surface area contributed by atoms with Crippen LogP contribution in [0.25, 0.3) is 0 Å². The minimum atomic E-state index is -0.420. The molecule has 2 aromatic rings. The Morgan fingerprint density at radius 2 is 2.30 bits per heavy atom. The van der Waals surface area contributed by atoms with Crippen molar-refractivity contribution in [3.8, 4) is 0 Å². The van der Waals surface area contributed by atoms with Crippen LogP contribution in [0.3, 0.4) is 0 Å².